The Hall–Kier alpha value is -0.0400. The molecule has 0 spiro atoms. The fraction of sp³-hybridized carbons (Fsp3) is 0.933. The average molecular weight is 396 g/mol. The van der Waals surface area contributed by atoms with Gasteiger partial charge in [0.15, 0.2) is 5.96 Å². The fourth-order valence-electron chi connectivity index (χ4n) is 2.57. The molecule has 20 heavy (non-hydrogen) atoms. The van der Waals surface area contributed by atoms with E-state index in [4.69, 9.17) is 0 Å². The van der Waals surface area contributed by atoms with Gasteiger partial charge in [-0.15, -0.1) is 24.0 Å². The van der Waals surface area contributed by atoms with Gasteiger partial charge in [0.1, 0.15) is 0 Å². The van der Waals surface area contributed by atoms with Gasteiger partial charge in [-0.3, -0.25) is 4.99 Å². The number of likely N-dealkylation sites (N-methyl/N-ethyl adjacent to an activating group) is 1. The van der Waals surface area contributed by atoms with Crippen LogP contribution >= 0.6 is 24.0 Å². The Balaban J connectivity index is 0.00000361. The summed E-state index contributed by atoms with van der Waals surface area (Å²) in [5.74, 6) is 0.968. The van der Waals surface area contributed by atoms with E-state index in [1.807, 2.05) is 0 Å². The Labute approximate surface area is 142 Å². The van der Waals surface area contributed by atoms with Crippen molar-refractivity contribution >= 4 is 29.9 Å². The summed E-state index contributed by atoms with van der Waals surface area (Å²) in [5, 5.41) is 6.74. The molecule has 1 saturated carbocycles. The van der Waals surface area contributed by atoms with Crippen molar-refractivity contribution < 1.29 is 0 Å². The Bertz CT molecular complexity index is 252. The second-order valence-electron chi connectivity index (χ2n) is 5.46. The third-order valence-electron chi connectivity index (χ3n) is 3.83. The molecule has 0 radical (unpaired) electrons. The number of nitrogens with zero attached hydrogens (tertiary/aromatic N) is 2. The molecule has 2 N–H and O–H groups in total. The minimum Gasteiger partial charge on any atom is -0.357 e. The quantitative estimate of drug-likeness (QED) is 0.287. The van der Waals surface area contributed by atoms with Crippen LogP contribution in [0, 0.1) is 0 Å². The summed E-state index contributed by atoms with van der Waals surface area (Å²) < 4.78 is 0. The van der Waals surface area contributed by atoms with Crippen LogP contribution < -0.4 is 10.6 Å². The van der Waals surface area contributed by atoms with Crippen LogP contribution in [0.3, 0.4) is 0 Å². The van der Waals surface area contributed by atoms with Crippen LogP contribution in [0.5, 0.6) is 0 Å². The van der Waals surface area contributed by atoms with Crippen LogP contribution in [0.15, 0.2) is 4.99 Å². The number of unbranched alkanes of at least 4 members (excludes halogenated alkanes) is 1. The first-order valence-corrected chi connectivity index (χ1v) is 8.00. The molecule has 0 amide bonds. The second kappa shape index (κ2) is 12.7. The minimum absolute atomic E-state index is 0. The summed E-state index contributed by atoms with van der Waals surface area (Å²) in [4.78, 5) is 7.07. The van der Waals surface area contributed by atoms with E-state index in [2.05, 4.69) is 41.4 Å². The standard InChI is InChI=1S/C15H32N4.HI/c1-4-6-11-17-15(16-5-2)18-12-13-19(3)14-9-7-8-10-14;/h14H,4-13H2,1-3H3,(H2,16,17,18);1H. The summed E-state index contributed by atoms with van der Waals surface area (Å²) in [7, 11) is 2.25. The molecule has 1 fully saturated rings. The van der Waals surface area contributed by atoms with E-state index < -0.39 is 0 Å². The average Bonchev–Trinajstić information content (AvgIpc) is 2.93. The predicted molar refractivity (Wildman–Crippen MR) is 99.2 cm³/mol. The number of halogens is 1. The van der Waals surface area contributed by atoms with Gasteiger partial charge < -0.3 is 15.5 Å². The maximum absolute atomic E-state index is 4.57. The highest BCUT2D eigenvalue weighted by Crippen LogP contribution is 2.21. The number of hydrogen-bond acceptors (Lipinski definition) is 2. The first-order chi connectivity index (χ1) is 9.27. The molecule has 4 nitrogen and oxygen atoms in total. The Morgan fingerprint density at radius 2 is 1.90 bits per heavy atom. The van der Waals surface area contributed by atoms with E-state index in [0.717, 1.165) is 38.2 Å². The maximum atomic E-state index is 4.57. The molecule has 1 rings (SSSR count). The van der Waals surface area contributed by atoms with Gasteiger partial charge in [0.05, 0.1) is 0 Å². The normalized spacial score (nSPS) is 16.3. The predicted octanol–water partition coefficient (Wildman–Crippen LogP) is 2.83. The maximum Gasteiger partial charge on any atom is 0.191 e. The zero-order valence-corrected chi connectivity index (χ0v) is 15.8. The molecular weight excluding hydrogens is 363 g/mol. The van der Waals surface area contributed by atoms with Gasteiger partial charge in [0, 0.05) is 32.2 Å². The summed E-state index contributed by atoms with van der Waals surface area (Å²) in [5.41, 5.74) is 0. The van der Waals surface area contributed by atoms with Gasteiger partial charge in [-0.05, 0) is 33.2 Å². The molecule has 1 aliphatic carbocycles. The van der Waals surface area contributed by atoms with E-state index >= 15 is 0 Å². The largest absolute Gasteiger partial charge is 0.357 e. The third kappa shape index (κ3) is 8.29. The van der Waals surface area contributed by atoms with Crippen LogP contribution in [-0.2, 0) is 0 Å². The fourth-order valence-corrected chi connectivity index (χ4v) is 2.57. The van der Waals surface area contributed by atoms with E-state index in [9.17, 15) is 0 Å². The Morgan fingerprint density at radius 1 is 1.20 bits per heavy atom. The zero-order valence-electron chi connectivity index (χ0n) is 13.5. The number of rotatable bonds is 8. The molecule has 0 atom stereocenters. The lowest BCUT2D eigenvalue weighted by Gasteiger charge is -2.24. The molecule has 1 aliphatic rings. The molecule has 0 bridgehead atoms. The number of nitrogens with one attached hydrogen (secondary N) is 2. The molecule has 0 aromatic carbocycles. The lowest BCUT2D eigenvalue weighted by atomic mass is 10.2. The van der Waals surface area contributed by atoms with Crippen LogP contribution in [0.4, 0.5) is 0 Å². The topological polar surface area (TPSA) is 39.7 Å². The van der Waals surface area contributed by atoms with Crippen LogP contribution in [0.2, 0.25) is 0 Å². The summed E-state index contributed by atoms with van der Waals surface area (Å²) in [6.45, 7) is 8.24. The molecule has 0 aliphatic heterocycles. The van der Waals surface area contributed by atoms with Crippen molar-refractivity contribution in [2.75, 3.05) is 33.2 Å². The molecule has 0 saturated heterocycles. The lowest BCUT2D eigenvalue weighted by molar-refractivity contribution is 0.249. The summed E-state index contributed by atoms with van der Waals surface area (Å²) in [6, 6.07) is 0.807. The van der Waals surface area contributed by atoms with E-state index in [1.165, 1.54) is 38.5 Å². The summed E-state index contributed by atoms with van der Waals surface area (Å²) in [6.07, 6.45) is 7.93. The van der Waals surface area contributed by atoms with Crippen molar-refractivity contribution in [2.45, 2.75) is 58.4 Å². The van der Waals surface area contributed by atoms with Gasteiger partial charge >= 0.3 is 0 Å². The lowest BCUT2D eigenvalue weighted by Crippen LogP contribution is -2.42. The van der Waals surface area contributed by atoms with Gasteiger partial charge in [0.2, 0.25) is 0 Å². The number of aliphatic imine (C=N–C) groups is 1. The van der Waals surface area contributed by atoms with Gasteiger partial charge in [-0.2, -0.15) is 0 Å². The van der Waals surface area contributed by atoms with E-state index in [0.29, 0.717) is 0 Å². The molecular formula is C15H33IN4. The molecule has 120 valence electrons. The highest BCUT2D eigenvalue weighted by atomic mass is 127. The first kappa shape index (κ1) is 20.0. The van der Waals surface area contributed by atoms with Crippen molar-refractivity contribution in [1.29, 1.82) is 0 Å². The second-order valence-corrected chi connectivity index (χ2v) is 5.46. The minimum atomic E-state index is 0. The van der Waals surface area contributed by atoms with Crippen LogP contribution in [0.1, 0.15) is 52.4 Å². The smallest absolute Gasteiger partial charge is 0.191 e. The van der Waals surface area contributed by atoms with E-state index in [1.54, 1.807) is 0 Å². The Kier molecular flexibility index (Phi) is 12.7. The van der Waals surface area contributed by atoms with E-state index in [-0.39, 0.29) is 24.0 Å². The molecule has 0 unspecified atom stereocenters. The number of hydrogen-bond donors (Lipinski definition) is 2. The van der Waals surface area contributed by atoms with Crippen molar-refractivity contribution in [3.63, 3.8) is 0 Å². The van der Waals surface area contributed by atoms with Crippen LogP contribution in [0.25, 0.3) is 0 Å². The van der Waals surface area contributed by atoms with Crippen molar-refractivity contribution in [2.24, 2.45) is 4.99 Å². The molecule has 0 aromatic rings. The molecule has 0 heterocycles. The van der Waals surface area contributed by atoms with Crippen molar-refractivity contribution in [1.82, 2.24) is 15.5 Å². The van der Waals surface area contributed by atoms with Crippen LogP contribution in [-0.4, -0.2) is 50.1 Å². The van der Waals surface area contributed by atoms with Gasteiger partial charge in [0.25, 0.3) is 0 Å². The van der Waals surface area contributed by atoms with Gasteiger partial charge in [-0.25, -0.2) is 0 Å². The third-order valence-corrected chi connectivity index (χ3v) is 3.83. The summed E-state index contributed by atoms with van der Waals surface area (Å²) >= 11 is 0. The highest BCUT2D eigenvalue weighted by molar-refractivity contribution is 14.0. The monoisotopic (exact) mass is 396 g/mol. The molecule has 0 aromatic heterocycles. The zero-order chi connectivity index (χ0) is 13.9. The van der Waals surface area contributed by atoms with Crippen molar-refractivity contribution in [3.8, 4) is 0 Å². The SMILES string of the molecule is CCCCN=C(NCC)NCCN(C)C1CCCC1.I. The van der Waals surface area contributed by atoms with Gasteiger partial charge in [-0.1, -0.05) is 26.2 Å². The Morgan fingerprint density at radius 3 is 2.50 bits per heavy atom. The molecule has 5 heteroatoms. The number of guanidine groups is 1. The first-order valence-electron chi connectivity index (χ1n) is 8.00. The van der Waals surface area contributed by atoms with Crippen molar-refractivity contribution in [3.05, 3.63) is 0 Å². The highest BCUT2D eigenvalue weighted by Gasteiger charge is 2.18.